The summed E-state index contributed by atoms with van der Waals surface area (Å²) >= 11 is 0. The first-order valence-corrected chi connectivity index (χ1v) is 18.5. The molecule has 24 heteroatoms. The fraction of sp³-hybridized carbons (Fsp3) is 0.879. The van der Waals surface area contributed by atoms with E-state index in [9.17, 15) is 19.2 Å². The van der Waals surface area contributed by atoms with Crippen molar-refractivity contribution in [2.75, 3.05) is 105 Å². The summed E-state index contributed by atoms with van der Waals surface area (Å²) in [6.45, 7) is 6.61. The molecule has 0 aliphatic rings. The molecule has 0 saturated carbocycles. The summed E-state index contributed by atoms with van der Waals surface area (Å²) < 4.78 is 44.8. The van der Waals surface area contributed by atoms with Crippen molar-refractivity contribution in [2.24, 2.45) is 49.5 Å². The highest BCUT2D eigenvalue weighted by Gasteiger charge is 2.33. The number of hydrogen-bond acceptors (Lipinski definition) is 16. The molecule has 0 saturated heterocycles. The van der Waals surface area contributed by atoms with Crippen LogP contribution in [0.4, 0.5) is 0 Å². The van der Waals surface area contributed by atoms with E-state index in [1.165, 1.54) is 0 Å². The number of nitrogens with zero attached hydrogens (tertiary/aromatic N) is 12. The van der Waals surface area contributed by atoms with Crippen molar-refractivity contribution in [3.8, 4) is 0 Å². The van der Waals surface area contributed by atoms with Crippen LogP contribution < -0.4 is 0 Å². The van der Waals surface area contributed by atoms with Gasteiger partial charge in [-0.3, -0.25) is 19.2 Å². The van der Waals surface area contributed by atoms with Gasteiger partial charge in [0.15, 0.2) is 0 Å². The van der Waals surface area contributed by atoms with Crippen molar-refractivity contribution in [3.05, 3.63) is 41.8 Å². The fourth-order valence-corrected chi connectivity index (χ4v) is 4.43. The Bertz CT molecular complexity index is 1180. The summed E-state index contributed by atoms with van der Waals surface area (Å²) in [5.74, 6) is -3.95. The van der Waals surface area contributed by atoms with Gasteiger partial charge >= 0.3 is 23.9 Å². The average Bonchev–Trinajstić information content (AvgIpc) is 3.19. The molecule has 4 atom stereocenters. The molecule has 0 N–H and O–H groups in total. The average molecular weight is 813 g/mol. The lowest BCUT2D eigenvalue weighted by Gasteiger charge is -2.33. The summed E-state index contributed by atoms with van der Waals surface area (Å²) in [7, 11) is 0. The summed E-state index contributed by atoms with van der Waals surface area (Å²) in [5, 5.41) is 13.7. The standard InChI is InChI=1S/C33H56N12O12/c1-25(5-9-38-42-34)29(46)54-17-13-50-21-33(22-51-14-18-55-30(47)26(2)6-10-39-43-35,23-52-15-19-56-31(48)27(3)7-11-40-44-36)24-53-16-20-57-32(49)28(4)8-12-41-45-37/h25-28H,5-24H2,1-4H3. The van der Waals surface area contributed by atoms with E-state index in [0.717, 1.165) is 0 Å². The maximum Gasteiger partial charge on any atom is 0.308 e. The zero-order valence-electron chi connectivity index (χ0n) is 33.2. The van der Waals surface area contributed by atoms with E-state index in [1.807, 2.05) is 0 Å². The Labute approximate surface area is 331 Å². The highest BCUT2D eigenvalue weighted by Crippen LogP contribution is 2.21. The topological polar surface area (TPSA) is 337 Å². The van der Waals surface area contributed by atoms with Gasteiger partial charge in [0.25, 0.3) is 0 Å². The first kappa shape index (κ1) is 52.0. The largest absolute Gasteiger partial charge is 0.463 e. The summed E-state index contributed by atoms with van der Waals surface area (Å²) in [5.41, 5.74) is 32.8. The predicted octanol–water partition coefficient (Wildman–Crippen LogP) is 5.56. The Morgan fingerprint density at radius 2 is 0.632 bits per heavy atom. The minimum Gasteiger partial charge on any atom is -0.463 e. The molecule has 0 aromatic rings. The van der Waals surface area contributed by atoms with Gasteiger partial charge in [0.05, 0.1) is 81.9 Å². The second kappa shape index (κ2) is 34.2. The second-order valence-corrected chi connectivity index (χ2v) is 13.0. The van der Waals surface area contributed by atoms with E-state index in [2.05, 4.69) is 40.1 Å². The maximum atomic E-state index is 12.3. The second-order valence-electron chi connectivity index (χ2n) is 13.0. The molecule has 0 bridgehead atoms. The lowest BCUT2D eigenvalue weighted by molar-refractivity contribution is -0.155. The van der Waals surface area contributed by atoms with E-state index < -0.39 is 53.0 Å². The van der Waals surface area contributed by atoms with E-state index >= 15 is 0 Å². The highest BCUT2D eigenvalue weighted by atomic mass is 16.6. The van der Waals surface area contributed by atoms with Crippen molar-refractivity contribution in [1.82, 2.24) is 0 Å². The van der Waals surface area contributed by atoms with Gasteiger partial charge < -0.3 is 37.9 Å². The molecule has 0 amide bonds. The first-order chi connectivity index (χ1) is 27.5. The van der Waals surface area contributed by atoms with Crippen molar-refractivity contribution in [1.29, 1.82) is 0 Å². The molecule has 0 rings (SSSR count). The zero-order valence-corrected chi connectivity index (χ0v) is 33.2. The van der Waals surface area contributed by atoms with Crippen LogP contribution in [0.1, 0.15) is 53.4 Å². The summed E-state index contributed by atoms with van der Waals surface area (Å²) in [6, 6.07) is 0. The van der Waals surface area contributed by atoms with Crippen LogP contribution in [0.15, 0.2) is 20.5 Å². The molecule has 0 radical (unpaired) electrons. The lowest BCUT2D eigenvalue weighted by atomic mass is 9.92. The van der Waals surface area contributed by atoms with E-state index in [4.69, 9.17) is 60.0 Å². The predicted molar refractivity (Wildman–Crippen MR) is 201 cm³/mol. The van der Waals surface area contributed by atoms with Gasteiger partial charge in [-0.2, -0.15) is 0 Å². The summed E-state index contributed by atoms with van der Waals surface area (Å²) in [6.07, 6.45) is 1.27. The molecule has 0 aliphatic carbocycles. The molecule has 24 nitrogen and oxygen atoms in total. The third-order valence-corrected chi connectivity index (χ3v) is 8.03. The maximum absolute atomic E-state index is 12.3. The van der Waals surface area contributed by atoms with Crippen molar-refractivity contribution < 1.29 is 57.1 Å². The molecule has 320 valence electrons. The molecule has 0 heterocycles. The van der Waals surface area contributed by atoms with Crippen LogP contribution in [0, 0.1) is 29.1 Å². The molecular weight excluding hydrogens is 756 g/mol. The van der Waals surface area contributed by atoms with Crippen LogP contribution in [0.2, 0.25) is 0 Å². The molecule has 0 aromatic carbocycles. The minimum absolute atomic E-state index is 0.0153. The molecule has 0 aromatic heterocycles. The Morgan fingerprint density at radius 1 is 0.421 bits per heavy atom. The van der Waals surface area contributed by atoms with Gasteiger partial charge in [0, 0.05) is 45.8 Å². The minimum atomic E-state index is -1.03. The number of rotatable bonds is 36. The molecule has 4 unspecified atom stereocenters. The Morgan fingerprint density at radius 3 is 0.825 bits per heavy atom. The van der Waals surface area contributed by atoms with Gasteiger partial charge in [0.1, 0.15) is 26.4 Å². The van der Waals surface area contributed by atoms with Crippen LogP contribution in [-0.2, 0) is 57.1 Å². The SMILES string of the molecule is CC(CCN=[N+]=[N-])C(=O)OCCOCC(COCCOC(=O)C(C)CCN=[N+]=[N-])(COCCOC(=O)C(C)CCN=[N+]=[N-])COCCOC(=O)C(C)CCN=[N+]=[N-]. The number of hydrogen-bond donors (Lipinski definition) is 0. The Hall–Kier alpha value is -5.04. The fourth-order valence-electron chi connectivity index (χ4n) is 4.43. The van der Waals surface area contributed by atoms with Gasteiger partial charge in [-0.1, -0.05) is 48.2 Å². The molecular formula is C33H56N12O12. The van der Waals surface area contributed by atoms with Gasteiger partial charge in [-0.15, -0.1) is 0 Å². The van der Waals surface area contributed by atoms with Crippen molar-refractivity contribution in [2.45, 2.75) is 53.4 Å². The van der Waals surface area contributed by atoms with Gasteiger partial charge in [-0.25, -0.2) is 0 Å². The van der Waals surface area contributed by atoms with E-state index in [0.29, 0.717) is 25.7 Å². The van der Waals surface area contributed by atoms with Gasteiger partial charge in [0.2, 0.25) is 0 Å². The highest BCUT2D eigenvalue weighted by molar-refractivity contribution is 5.73. The van der Waals surface area contributed by atoms with Crippen LogP contribution in [0.25, 0.3) is 41.8 Å². The van der Waals surface area contributed by atoms with E-state index in [-0.39, 0.29) is 105 Å². The number of carbonyl (C=O) groups excluding carboxylic acids is 4. The lowest BCUT2D eigenvalue weighted by Crippen LogP contribution is -2.43. The van der Waals surface area contributed by atoms with Crippen LogP contribution in [-0.4, -0.2) is 129 Å². The number of ether oxygens (including phenoxy) is 8. The third-order valence-electron chi connectivity index (χ3n) is 8.03. The van der Waals surface area contributed by atoms with Crippen LogP contribution in [0.5, 0.6) is 0 Å². The third kappa shape index (κ3) is 27.2. The molecule has 0 fully saturated rings. The number of esters is 4. The smallest absolute Gasteiger partial charge is 0.308 e. The number of azide groups is 4. The van der Waals surface area contributed by atoms with Crippen molar-refractivity contribution >= 4 is 23.9 Å². The van der Waals surface area contributed by atoms with Crippen LogP contribution in [0.3, 0.4) is 0 Å². The monoisotopic (exact) mass is 812 g/mol. The van der Waals surface area contributed by atoms with Crippen molar-refractivity contribution in [3.63, 3.8) is 0 Å². The quantitative estimate of drug-likeness (QED) is 0.0187. The molecule has 57 heavy (non-hydrogen) atoms. The Kier molecular flexibility index (Phi) is 31.2. The normalized spacial score (nSPS) is 13.7. The van der Waals surface area contributed by atoms with Gasteiger partial charge in [-0.05, 0) is 47.8 Å². The Balaban J connectivity index is 5.65. The summed E-state index contributed by atoms with van der Waals surface area (Å²) in [4.78, 5) is 60.0. The molecule has 0 spiro atoms. The van der Waals surface area contributed by atoms with E-state index in [1.54, 1.807) is 27.7 Å². The van der Waals surface area contributed by atoms with Crippen LogP contribution >= 0.6 is 0 Å². The molecule has 0 aliphatic heterocycles. The first-order valence-electron chi connectivity index (χ1n) is 18.5. The zero-order chi connectivity index (χ0) is 42.6. The number of carbonyl (C=O) groups is 4.